The molecule has 216 valence electrons. The number of benzene rings is 3. The summed E-state index contributed by atoms with van der Waals surface area (Å²) in [4.78, 5) is 39.1. The van der Waals surface area contributed by atoms with Gasteiger partial charge in [-0.2, -0.15) is 0 Å². The number of nitrogens with one attached hydrogen (secondary N) is 1. The van der Waals surface area contributed by atoms with Gasteiger partial charge in [0, 0.05) is 22.9 Å². The lowest BCUT2D eigenvalue weighted by Gasteiger charge is -2.28. The predicted octanol–water partition coefficient (Wildman–Crippen LogP) is 6.47. The van der Waals surface area contributed by atoms with Crippen molar-refractivity contribution in [1.82, 2.24) is 19.9 Å². The van der Waals surface area contributed by atoms with Crippen molar-refractivity contribution in [2.45, 2.75) is 73.6 Å². The van der Waals surface area contributed by atoms with Crippen LogP contribution in [-0.2, 0) is 11.4 Å². The zero-order chi connectivity index (χ0) is 30.1. The van der Waals surface area contributed by atoms with Crippen LogP contribution in [0.5, 0.6) is 5.75 Å². The minimum atomic E-state index is -0.524. The number of rotatable bonds is 8. The van der Waals surface area contributed by atoms with Crippen LogP contribution >= 0.6 is 0 Å². The van der Waals surface area contributed by atoms with Gasteiger partial charge in [0.05, 0.1) is 30.3 Å². The average molecular weight is 557 g/mol. The van der Waals surface area contributed by atoms with Gasteiger partial charge >= 0.3 is 0 Å². The highest BCUT2D eigenvalue weighted by Crippen LogP contribution is 2.27. The van der Waals surface area contributed by atoms with E-state index in [4.69, 9.17) is 14.6 Å². The van der Waals surface area contributed by atoms with Crippen molar-refractivity contribution in [2.75, 3.05) is 7.11 Å². The lowest BCUT2D eigenvalue weighted by Crippen LogP contribution is -2.38. The first-order chi connectivity index (χ1) is 19.3. The Morgan fingerprint density at radius 2 is 1.61 bits per heavy atom. The molecule has 8 nitrogen and oxygen atoms in total. The fourth-order valence-electron chi connectivity index (χ4n) is 4.96. The molecule has 41 heavy (non-hydrogen) atoms. The predicted molar refractivity (Wildman–Crippen MR) is 162 cm³/mol. The summed E-state index contributed by atoms with van der Waals surface area (Å²) < 4.78 is 7.39. The second-order valence-corrected chi connectivity index (χ2v) is 11.7. The van der Waals surface area contributed by atoms with Gasteiger partial charge < -0.3 is 9.64 Å². The number of fused-ring (bicyclic) bond motifs is 1. The molecule has 0 saturated carbocycles. The highest BCUT2D eigenvalue weighted by Gasteiger charge is 2.26. The second-order valence-electron chi connectivity index (χ2n) is 11.7. The molecule has 0 radical (unpaired) electrons. The van der Waals surface area contributed by atoms with E-state index >= 15 is 0 Å². The third kappa shape index (κ3) is 6.60. The van der Waals surface area contributed by atoms with Crippen molar-refractivity contribution in [1.29, 1.82) is 0 Å². The highest BCUT2D eigenvalue weighted by atomic mass is 16.7. The van der Waals surface area contributed by atoms with Crippen molar-refractivity contribution in [3.8, 4) is 11.4 Å². The number of amides is 2. The van der Waals surface area contributed by atoms with E-state index in [2.05, 4.69) is 5.48 Å². The van der Waals surface area contributed by atoms with Gasteiger partial charge in [-0.15, -0.1) is 0 Å². The minimum Gasteiger partial charge on any atom is -0.497 e. The molecule has 2 amide bonds. The zero-order valence-corrected chi connectivity index (χ0v) is 25.5. The number of hydrogen-bond donors (Lipinski definition) is 1. The van der Waals surface area contributed by atoms with Crippen LogP contribution in [0.4, 0.5) is 0 Å². The molecule has 1 heterocycles. The number of hydrogen-bond acceptors (Lipinski definition) is 5. The fraction of sp³-hybridized carbons (Fsp3) is 0.364. The van der Waals surface area contributed by atoms with E-state index in [0.717, 1.165) is 33.6 Å². The standard InChI is InChI=1S/C33H40N4O4/c1-20(2)36(32(39)30-22(4)16-21(3)17-23(30)5)19-29-34-27-18-24(31(38)35-41-33(6,7)8)10-15-28(27)37(29)25-11-13-26(40-9)14-12-25/h10-18,20H,19H2,1-9H3,(H,35,38). The van der Waals surface area contributed by atoms with Crippen LogP contribution in [0.25, 0.3) is 16.7 Å². The monoisotopic (exact) mass is 556 g/mol. The summed E-state index contributed by atoms with van der Waals surface area (Å²) in [5.74, 6) is 1.02. The lowest BCUT2D eigenvalue weighted by molar-refractivity contribution is -0.0589. The molecule has 1 aromatic heterocycles. The summed E-state index contributed by atoms with van der Waals surface area (Å²) >= 11 is 0. The van der Waals surface area contributed by atoms with E-state index in [1.165, 1.54) is 0 Å². The van der Waals surface area contributed by atoms with Crippen LogP contribution in [0.15, 0.2) is 54.6 Å². The smallest absolute Gasteiger partial charge is 0.274 e. The van der Waals surface area contributed by atoms with Crippen molar-refractivity contribution in [2.24, 2.45) is 0 Å². The van der Waals surface area contributed by atoms with Gasteiger partial charge in [-0.3, -0.25) is 19.0 Å². The van der Waals surface area contributed by atoms with Crippen LogP contribution in [0.1, 0.15) is 77.8 Å². The molecule has 0 bridgehead atoms. The Bertz CT molecular complexity index is 1560. The van der Waals surface area contributed by atoms with Gasteiger partial charge in [0.2, 0.25) is 0 Å². The van der Waals surface area contributed by atoms with Crippen LogP contribution in [0, 0.1) is 20.8 Å². The third-order valence-electron chi connectivity index (χ3n) is 6.85. The number of imidazole rings is 1. The summed E-state index contributed by atoms with van der Waals surface area (Å²) in [5.41, 5.74) is 8.50. The molecule has 0 spiro atoms. The number of carbonyl (C=O) groups excluding carboxylic acids is 2. The van der Waals surface area contributed by atoms with E-state index in [9.17, 15) is 9.59 Å². The maximum absolute atomic E-state index is 14.0. The molecule has 0 unspecified atom stereocenters. The Morgan fingerprint density at radius 3 is 2.17 bits per heavy atom. The Morgan fingerprint density at radius 1 is 0.976 bits per heavy atom. The van der Waals surface area contributed by atoms with Gasteiger partial charge in [-0.1, -0.05) is 17.7 Å². The minimum absolute atomic E-state index is 0.0391. The van der Waals surface area contributed by atoms with Crippen LogP contribution < -0.4 is 10.2 Å². The first-order valence-electron chi connectivity index (χ1n) is 13.8. The van der Waals surface area contributed by atoms with Crippen LogP contribution in [-0.4, -0.2) is 45.0 Å². The van der Waals surface area contributed by atoms with E-state index in [1.807, 2.05) is 107 Å². The quantitative estimate of drug-likeness (QED) is 0.252. The van der Waals surface area contributed by atoms with E-state index in [0.29, 0.717) is 22.5 Å². The van der Waals surface area contributed by atoms with Crippen molar-refractivity contribution >= 4 is 22.8 Å². The van der Waals surface area contributed by atoms with Crippen molar-refractivity contribution in [3.05, 3.63) is 88.2 Å². The molecular weight excluding hydrogens is 516 g/mol. The Labute approximate surface area is 242 Å². The molecule has 0 saturated heterocycles. The molecule has 0 atom stereocenters. The summed E-state index contributed by atoms with van der Waals surface area (Å²) in [5, 5.41) is 0. The first-order valence-corrected chi connectivity index (χ1v) is 13.8. The number of aryl methyl sites for hydroxylation is 3. The van der Waals surface area contributed by atoms with Gasteiger partial charge in [0.25, 0.3) is 11.8 Å². The summed E-state index contributed by atoms with van der Waals surface area (Å²) in [6.45, 7) is 15.9. The normalized spacial score (nSPS) is 11.7. The van der Waals surface area contributed by atoms with Crippen molar-refractivity contribution in [3.63, 3.8) is 0 Å². The number of aromatic nitrogens is 2. The van der Waals surface area contributed by atoms with Gasteiger partial charge in [0.1, 0.15) is 11.6 Å². The van der Waals surface area contributed by atoms with Gasteiger partial charge in [0.15, 0.2) is 0 Å². The molecule has 4 rings (SSSR count). The topological polar surface area (TPSA) is 85.7 Å². The molecule has 4 aromatic rings. The first kappa shape index (κ1) is 29.8. The number of hydroxylamine groups is 1. The Hall–Kier alpha value is -4.17. The molecule has 8 heteroatoms. The fourth-order valence-corrected chi connectivity index (χ4v) is 4.96. The highest BCUT2D eigenvalue weighted by molar-refractivity contribution is 5.98. The number of ether oxygens (including phenoxy) is 1. The molecule has 0 aliphatic carbocycles. The lowest BCUT2D eigenvalue weighted by atomic mass is 9.98. The average Bonchev–Trinajstić information content (AvgIpc) is 3.26. The Kier molecular flexibility index (Phi) is 8.54. The van der Waals surface area contributed by atoms with Crippen LogP contribution in [0.2, 0.25) is 0 Å². The largest absolute Gasteiger partial charge is 0.497 e. The molecular formula is C33H40N4O4. The third-order valence-corrected chi connectivity index (χ3v) is 6.85. The van der Waals surface area contributed by atoms with Gasteiger partial charge in [-0.05, 0) is 109 Å². The molecule has 3 aromatic carbocycles. The van der Waals surface area contributed by atoms with E-state index in [1.54, 1.807) is 19.2 Å². The van der Waals surface area contributed by atoms with E-state index < -0.39 is 5.60 Å². The van der Waals surface area contributed by atoms with E-state index in [-0.39, 0.29) is 24.4 Å². The number of nitrogens with zero attached hydrogens (tertiary/aromatic N) is 3. The van der Waals surface area contributed by atoms with Gasteiger partial charge in [-0.25, -0.2) is 10.5 Å². The number of carbonyl (C=O) groups is 2. The maximum atomic E-state index is 14.0. The summed E-state index contributed by atoms with van der Waals surface area (Å²) in [6, 6.07) is 17.1. The number of methoxy groups -OCH3 is 1. The molecule has 0 aliphatic rings. The van der Waals surface area contributed by atoms with Crippen molar-refractivity contribution < 1.29 is 19.2 Å². The Balaban J connectivity index is 1.80. The SMILES string of the molecule is COc1ccc(-n2c(CN(C(=O)c3c(C)cc(C)cc3C)C(C)C)nc3cc(C(=O)NOC(C)(C)C)ccc32)cc1. The zero-order valence-electron chi connectivity index (χ0n) is 25.5. The second kappa shape index (κ2) is 11.7. The molecule has 1 N–H and O–H groups in total. The maximum Gasteiger partial charge on any atom is 0.274 e. The molecule has 0 aliphatic heterocycles. The molecule has 0 fully saturated rings. The van der Waals surface area contributed by atoms with Crippen LogP contribution in [0.3, 0.4) is 0 Å². The summed E-state index contributed by atoms with van der Waals surface area (Å²) in [6.07, 6.45) is 0. The summed E-state index contributed by atoms with van der Waals surface area (Å²) in [7, 11) is 1.63.